The van der Waals surface area contributed by atoms with E-state index in [1.165, 1.54) is 6.42 Å². The van der Waals surface area contributed by atoms with Gasteiger partial charge in [0.2, 0.25) is 0 Å². The number of rotatable bonds is 5. The Morgan fingerprint density at radius 1 is 1.47 bits per heavy atom. The van der Waals surface area contributed by atoms with E-state index in [2.05, 4.69) is 16.7 Å². The van der Waals surface area contributed by atoms with Crippen LogP contribution in [0.2, 0.25) is 0 Å². The summed E-state index contributed by atoms with van der Waals surface area (Å²) in [6.07, 6.45) is -1.51. The van der Waals surface area contributed by atoms with Crippen LogP contribution in [-0.2, 0) is 4.74 Å². The van der Waals surface area contributed by atoms with Crippen LogP contribution in [0.1, 0.15) is 26.2 Å². The fraction of sp³-hybridized carbons (Fsp3) is 0.917. The van der Waals surface area contributed by atoms with E-state index in [9.17, 15) is 13.2 Å². The van der Waals surface area contributed by atoms with Crippen LogP contribution in [0.25, 0.3) is 0 Å². The van der Waals surface area contributed by atoms with Gasteiger partial charge in [0.1, 0.15) is 6.61 Å². The third-order valence-corrected chi connectivity index (χ3v) is 2.97. The van der Waals surface area contributed by atoms with Crippen LogP contribution in [-0.4, -0.2) is 49.9 Å². The van der Waals surface area contributed by atoms with Gasteiger partial charge in [0.15, 0.2) is 5.96 Å². The van der Waals surface area contributed by atoms with Crippen molar-refractivity contribution in [2.45, 2.75) is 32.4 Å². The van der Waals surface area contributed by atoms with E-state index >= 15 is 0 Å². The largest absolute Gasteiger partial charge is 0.411 e. The van der Waals surface area contributed by atoms with Gasteiger partial charge in [-0.15, -0.1) is 0 Å². The molecule has 1 atom stereocenters. The van der Waals surface area contributed by atoms with Crippen molar-refractivity contribution in [2.75, 3.05) is 32.8 Å². The first-order chi connectivity index (χ1) is 8.88. The first-order valence-electron chi connectivity index (χ1n) is 6.58. The lowest BCUT2D eigenvalue weighted by molar-refractivity contribution is -0.173. The van der Waals surface area contributed by atoms with Gasteiger partial charge in [-0.25, -0.2) is 0 Å². The van der Waals surface area contributed by atoms with Gasteiger partial charge in [-0.1, -0.05) is 6.92 Å². The molecule has 1 fully saturated rings. The Labute approximate surface area is 111 Å². The summed E-state index contributed by atoms with van der Waals surface area (Å²) in [4.78, 5) is 6.21. The van der Waals surface area contributed by atoms with Crippen LogP contribution in [0.4, 0.5) is 13.2 Å². The number of likely N-dealkylation sites (tertiary alicyclic amines) is 1. The molecule has 1 saturated heterocycles. The maximum atomic E-state index is 11.8. The number of hydrogen-bond acceptors (Lipinski definition) is 2. The molecular formula is C12H22F3N3O. The number of ether oxygens (including phenoxy) is 1. The van der Waals surface area contributed by atoms with Crippen LogP contribution >= 0.6 is 0 Å². The quantitative estimate of drug-likeness (QED) is 0.476. The Hall–Kier alpha value is -0.980. The average Bonchev–Trinajstić information content (AvgIpc) is 2.32. The molecule has 112 valence electrons. The topological polar surface area (TPSA) is 50.8 Å². The minimum Gasteiger partial charge on any atom is -0.372 e. The SMILES string of the molecule is CC1CCCN(C(N)=NCCCOCC(F)(F)F)C1. The van der Waals surface area contributed by atoms with Gasteiger partial charge in [-0.2, -0.15) is 13.2 Å². The zero-order valence-electron chi connectivity index (χ0n) is 11.2. The summed E-state index contributed by atoms with van der Waals surface area (Å²) in [5, 5.41) is 0. The van der Waals surface area contributed by atoms with E-state index < -0.39 is 12.8 Å². The molecular weight excluding hydrogens is 259 g/mol. The molecule has 0 saturated carbocycles. The number of nitrogens with two attached hydrogens (primary N) is 1. The number of alkyl halides is 3. The van der Waals surface area contributed by atoms with Gasteiger partial charge >= 0.3 is 6.18 Å². The molecule has 0 aromatic carbocycles. The van der Waals surface area contributed by atoms with E-state index in [-0.39, 0.29) is 6.61 Å². The molecule has 19 heavy (non-hydrogen) atoms. The molecule has 0 aliphatic carbocycles. The van der Waals surface area contributed by atoms with Gasteiger partial charge in [-0.3, -0.25) is 4.99 Å². The smallest absolute Gasteiger partial charge is 0.372 e. The Kier molecular flexibility index (Phi) is 6.41. The van der Waals surface area contributed by atoms with Crippen molar-refractivity contribution in [3.05, 3.63) is 0 Å². The minimum atomic E-state index is -4.26. The lowest BCUT2D eigenvalue weighted by Crippen LogP contribution is -2.43. The molecule has 7 heteroatoms. The van der Waals surface area contributed by atoms with E-state index in [4.69, 9.17) is 5.73 Å². The van der Waals surface area contributed by atoms with E-state index in [1.807, 2.05) is 4.90 Å². The predicted molar refractivity (Wildman–Crippen MR) is 68.0 cm³/mol. The Morgan fingerprint density at radius 2 is 2.21 bits per heavy atom. The fourth-order valence-corrected chi connectivity index (χ4v) is 2.05. The first kappa shape index (κ1) is 16.1. The van der Waals surface area contributed by atoms with Gasteiger partial charge in [-0.05, 0) is 25.2 Å². The molecule has 0 aromatic rings. The van der Waals surface area contributed by atoms with Crippen molar-refractivity contribution >= 4 is 5.96 Å². The van der Waals surface area contributed by atoms with Crippen LogP contribution in [0.3, 0.4) is 0 Å². The Bertz CT molecular complexity index is 294. The Morgan fingerprint density at radius 3 is 2.84 bits per heavy atom. The normalized spacial score (nSPS) is 21.8. The van der Waals surface area contributed by atoms with Crippen molar-refractivity contribution < 1.29 is 17.9 Å². The number of aliphatic imine (C=N–C) groups is 1. The molecule has 1 aliphatic heterocycles. The lowest BCUT2D eigenvalue weighted by atomic mass is 10.0. The van der Waals surface area contributed by atoms with Crippen molar-refractivity contribution in [2.24, 2.45) is 16.6 Å². The van der Waals surface area contributed by atoms with Gasteiger partial charge < -0.3 is 15.4 Å². The first-order valence-corrected chi connectivity index (χ1v) is 6.58. The van der Waals surface area contributed by atoms with Crippen molar-refractivity contribution in [3.8, 4) is 0 Å². The number of guanidine groups is 1. The summed E-state index contributed by atoms with van der Waals surface area (Å²) in [7, 11) is 0. The lowest BCUT2D eigenvalue weighted by Gasteiger charge is -2.31. The number of piperidine rings is 1. The maximum Gasteiger partial charge on any atom is 0.411 e. The highest BCUT2D eigenvalue weighted by Gasteiger charge is 2.27. The van der Waals surface area contributed by atoms with Crippen LogP contribution < -0.4 is 5.73 Å². The number of halogens is 3. The van der Waals surface area contributed by atoms with E-state index in [0.29, 0.717) is 24.8 Å². The second-order valence-electron chi connectivity index (χ2n) is 4.95. The molecule has 1 rings (SSSR count). The second kappa shape index (κ2) is 7.57. The summed E-state index contributed by atoms with van der Waals surface area (Å²) >= 11 is 0. The van der Waals surface area contributed by atoms with Gasteiger partial charge in [0, 0.05) is 26.2 Å². The molecule has 0 radical (unpaired) electrons. The van der Waals surface area contributed by atoms with Crippen molar-refractivity contribution in [1.29, 1.82) is 0 Å². The number of hydrogen-bond donors (Lipinski definition) is 1. The molecule has 0 amide bonds. The summed E-state index contributed by atoms with van der Waals surface area (Å²) < 4.78 is 39.9. The molecule has 1 heterocycles. The highest BCUT2D eigenvalue weighted by Crippen LogP contribution is 2.15. The van der Waals surface area contributed by atoms with E-state index in [1.54, 1.807) is 0 Å². The fourth-order valence-electron chi connectivity index (χ4n) is 2.05. The van der Waals surface area contributed by atoms with Crippen molar-refractivity contribution in [1.82, 2.24) is 4.90 Å². The molecule has 0 bridgehead atoms. The summed E-state index contributed by atoms with van der Waals surface area (Å²) in [5.41, 5.74) is 5.85. The monoisotopic (exact) mass is 281 g/mol. The molecule has 4 nitrogen and oxygen atoms in total. The van der Waals surface area contributed by atoms with Gasteiger partial charge in [0.05, 0.1) is 0 Å². The highest BCUT2D eigenvalue weighted by molar-refractivity contribution is 5.78. The van der Waals surface area contributed by atoms with Crippen LogP contribution in [0.5, 0.6) is 0 Å². The summed E-state index contributed by atoms with van der Waals surface area (Å²) in [5.74, 6) is 1.10. The van der Waals surface area contributed by atoms with Crippen molar-refractivity contribution in [3.63, 3.8) is 0 Å². The predicted octanol–water partition coefficient (Wildman–Crippen LogP) is 2.00. The third-order valence-electron chi connectivity index (χ3n) is 2.97. The second-order valence-corrected chi connectivity index (χ2v) is 4.95. The molecule has 1 aliphatic rings. The van der Waals surface area contributed by atoms with Crippen LogP contribution in [0.15, 0.2) is 4.99 Å². The number of nitrogens with zero attached hydrogens (tertiary/aromatic N) is 2. The molecule has 1 unspecified atom stereocenters. The molecule has 0 spiro atoms. The highest BCUT2D eigenvalue weighted by atomic mass is 19.4. The standard InChI is InChI=1S/C12H22F3N3O/c1-10-4-2-6-18(8-10)11(16)17-5-3-7-19-9-12(13,14)15/h10H,2-9H2,1H3,(H2,16,17). The minimum absolute atomic E-state index is 0.0483. The summed E-state index contributed by atoms with van der Waals surface area (Å²) in [6.45, 7) is 3.23. The van der Waals surface area contributed by atoms with E-state index in [0.717, 1.165) is 19.5 Å². The summed E-state index contributed by atoms with van der Waals surface area (Å²) in [6, 6.07) is 0. The maximum absolute atomic E-state index is 11.8. The average molecular weight is 281 g/mol. The zero-order chi connectivity index (χ0) is 14.3. The van der Waals surface area contributed by atoms with Crippen LogP contribution in [0, 0.1) is 5.92 Å². The molecule has 2 N–H and O–H groups in total. The van der Waals surface area contributed by atoms with Gasteiger partial charge in [0.25, 0.3) is 0 Å². The zero-order valence-corrected chi connectivity index (χ0v) is 11.2. The Balaban J connectivity index is 2.14. The molecule has 0 aromatic heterocycles. The third kappa shape index (κ3) is 7.25.